The van der Waals surface area contributed by atoms with Crippen LogP contribution in [-0.4, -0.2) is 34.1 Å². The van der Waals surface area contributed by atoms with Crippen molar-refractivity contribution in [1.29, 1.82) is 0 Å². The van der Waals surface area contributed by atoms with Gasteiger partial charge in [-0.1, -0.05) is 12.2 Å². The third kappa shape index (κ3) is 6.96. The molecule has 1 aromatic heterocycles. The van der Waals surface area contributed by atoms with Gasteiger partial charge in [0.05, 0.1) is 18.5 Å². The number of furan rings is 1. The minimum absolute atomic E-state index is 0.0330. The third-order valence-corrected chi connectivity index (χ3v) is 5.27. The Morgan fingerprint density at radius 3 is 2.67 bits per heavy atom. The lowest BCUT2D eigenvalue weighted by atomic mass is 9.85. The van der Waals surface area contributed by atoms with Crippen LogP contribution in [0.15, 0.2) is 35.0 Å². The smallest absolute Gasteiger partial charge is 0.217 e. The van der Waals surface area contributed by atoms with Gasteiger partial charge in [-0.3, -0.25) is 9.59 Å². The highest BCUT2D eigenvalue weighted by Gasteiger charge is 2.44. The molecule has 1 fully saturated rings. The second-order valence-electron chi connectivity index (χ2n) is 7.38. The van der Waals surface area contributed by atoms with Gasteiger partial charge in [0.15, 0.2) is 0 Å². The number of hydrogen-bond acceptors (Lipinski definition) is 5. The van der Waals surface area contributed by atoms with E-state index in [1.807, 2.05) is 24.3 Å². The molecule has 0 aromatic carbocycles. The largest absolute Gasteiger partial charge is 0.469 e. The zero-order valence-electron chi connectivity index (χ0n) is 15.8. The van der Waals surface area contributed by atoms with Crippen LogP contribution in [0.5, 0.6) is 0 Å². The molecule has 6 nitrogen and oxygen atoms in total. The first kappa shape index (κ1) is 21.4. The van der Waals surface area contributed by atoms with Crippen LogP contribution in [0.1, 0.15) is 57.1 Å². The van der Waals surface area contributed by atoms with Gasteiger partial charge in [0.1, 0.15) is 11.5 Å². The summed E-state index contributed by atoms with van der Waals surface area (Å²) in [7, 11) is 0. The van der Waals surface area contributed by atoms with E-state index in [1.165, 1.54) is 0 Å². The summed E-state index contributed by atoms with van der Waals surface area (Å²) in [5.41, 5.74) is 5.10. The van der Waals surface area contributed by atoms with Crippen molar-refractivity contribution in [2.24, 2.45) is 17.6 Å². The van der Waals surface area contributed by atoms with Crippen molar-refractivity contribution in [2.45, 2.75) is 70.0 Å². The molecule has 150 valence electrons. The Bertz CT molecular complexity index is 610. The normalized spacial score (nSPS) is 25.3. The Kier molecular flexibility index (Phi) is 8.75. The lowest BCUT2D eigenvalue weighted by Crippen LogP contribution is -2.29. The van der Waals surface area contributed by atoms with Crippen LogP contribution >= 0.6 is 0 Å². The molecule has 6 heteroatoms. The highest BCUT2D eigenvalue weighted by Crippen LogP contribution is 2.37. The van der Waals surface area contributed by atoms with E-state index < -0.39 is 18.1 Å². The highest BCUT2D eigenvalue weighted by atomic mass is 16.3. The number of hydrogen-bond donors (Lipinski definition) is 3. The number of nitrogens with two attached hydrogens (primary N) is 1. The van der Waals surface area contributed by atoms with Crippen molar-refractivity contribution >= 4 is 11.7 Å². The van der Waals surface area contributed by atoms with Crippen LogP contribution in [0.4, 0.5) is 0 Å². The third-order valence-electron chi connectivity index (χ3n) is 5.27. The number of Topliss-reactive ketones (excluding diaryl/α,β-unsaturated/α-hetero) is 1. The van der Waals surface area contributed by atoms with Crippen LogP contribution in [0.25, 0.3) is 0 Å². The summed E-state index contributed by atoms with van der Waals surface area (Å²) in [4.78, 5) is 23.3. The molecule has 1 amide bonds. The number of rotatable bonds is 12. The van der Waals surface area contributed by atoms with Gasteiger partial charge in [0, 0.05) is 37.5 Å². The fourth-order valence-electron chi connectivity index (χ4n) is 3.84. The predicted molar refractivity (Wildman–Crippen MR) is 102 cm³/mol. The number of aryl methyl sites for hydroxylation is 1. The first-order valence-corrected chi connectivity index (χ1v) is 9.83. The maximum Gasteiger partial charge on any atom is 0.217 e. The van der Waals surface area contributed by atoms with E-state index >= 15 is 0 Å². The van der Waals surface area contributed by atoms with Gasteiger partial charge >= 0.3 is 0 Å². The molecule has 0 radical (unpaired) electrons. The standard InChI is InChI=1S/C21H31NO5/c22-20(26)12-4-2-1-3-10-16-18(24)14-19(25)21(16)17(23)11-6-5-8-15-9-7-13-27-15/h1,3,7,9,13,16,18-19,21,24-25H,2,4-6,8,10-12,14H2,(H2,22,26)/t16?,18-,19+,21?/m0/s1. The minimum atomic E-state index is -0.772. The van der Waals surface area contributed by atoms with Crippen molar-refractivity contribution < 1.29 is 24.2 Å². The number of carbonyl (C=O) groups is 2. The number of unbranched alkanes of at least 4 members (excludes halogenated alkanes) is 2. The van der Waals surface area contributed by atoms with Gasteiger partial charge in [-0.2, -0.15) is 0 Å². The molecule has 2 unspecified atom stereocenters. The second-order valence-corrected chi connectivity index (χ2v) is 7.38. The summed E-state index contributed by atoms with van der Waals surface area (Å²) in [6.45, 7) is 0. The van der Waals surface area contributed by atoms with Gasteiger partial charge in [-0.15, -0.1) is 0 Å². The lowest BCUT2D eigenvalue weighted by molar-refractivity contribution is -0.127. The summed E-state index contributed by atoms with van der Waals surface area (Å²) < 4.78 is 5.28. The van der Waals surface area contributed by atoms with Crippen molar-refractivity contribution in [3.05, 3.63) is 36.3 Å². The first-order valence-electron chi connectivity index (χ1n) is 9.83. The zero-order chi connectivity index (χ0) is 19.6. The summed E-state index contributed by atoms with van der Waals surface area (Å²) in [6.07, 6.45) is 9.50. The van der Waals surface area contributed by atoms with E-state index in [4.69, 9.17) is 10.2 Å². The van der Waals surface area contributed by atoms with E-state index in [0.29, 0.717) is 25.7 Å². The Balaban J connectivity index is 1.76. The Morgan fingerprint density at radius 2 is 1.96 bits per heavy atom. The molecule has 0 aliphatic heterocycles. The van der Waals surface area contributed by atoms with E-state index in [1.54, 1.807) is 6.26 Å². The molecule has 0 bridgehead atoms. The van der Waals surface area contributed by atoms with E-state index in [2.05, 4.69) is 0 Å². The molecule has 2 rings (SSSR count). The molecular formula is C21H31NO5. The second kappa shape index (κ2) is 11.0. The average molecular weight is 377 g/mol. The molecule has 1 aliphatic carbocycles. The number of allylic oxidation sites excluding steroid dienone is 2. The van der Waals surface area contributed by atoms with Crippen LogP contribution < -0.4 is 5.73 Å². The van der Waals surface area contributed by atoms with Crippen LogP contribution in [0, 0.1) is 11.8 Å². The number of amides is 1. The summed E-state index contributed by atoms with van der Waals surface area (Å²) in [5, 5.41) is 20.5. The monoisotopic (exact) mass is 377 g/mol. The number of aliphatic hydroxyl groups excluding tert-OH is 2. The molecule has 0 spiro atoms. The van der Waals surface area contributed by atoms with Crippen molar-refractivity contribution in [2.75, 3.05) is 0 Å². The Morgan fingerprint density at radius 1 is 1.15 bits per heavy atom. The van der Waals surface area contributed by atoms with Gasteiger partial charge in [-0.25, -0.2) is 0 Å². The fourth-order valence-corrected chi connectivity index (χ4v) is 3.84. The van der Waals surface area contributed by atoms with Gasteiger partial charge < -0.3 is 20.4 Å². The number of primary amides is 1. The Labute approximate surface area is 160 Å². The van der Waals surface area contributed by atoms with Crippen molar-refractivity contribution in [1.82, 2.24) is 0 Å². The topological polar surface area (TPSA) is 114 Å². The van der Waals surface area contributed by atoms with Gasteiger partial charge in [-0.05, 0) is 44.2 Å². The minimum Gasteiger partial charge on any atom is -0.469 e. The number of ketones is 1. The van der Waals surface area contributed by atoms with Crippen LogP contribution in [0.2, 0.25) is 0 Å². The number of aliphatic hydroxyl groups is 2. The quantitative estimate of drug-likeness (QED) is 0.382. The molecular weight excluding hydrogens is 346 g/mol. The molecule has 1 heterocycles. The summed E-state index contributed by atoms with van der Waals surface area (Å²) >= 11 is 0. The molecule has 1 saturated carbocycles. The molecule has 1 aromatic rings. The van der Waals surface area contributed by atoms with E-state index in [9.17, 15) is 19.8 Å². The molecule has 1 aliphatic rings. The van der Waals surface area contributed by atoms with Gasteiger partial charge in [0.25, 0.3) is 0 Å². The number of carbonyl (C=O) groups excluding carboxylic acids is 2. The fraction of sp³-hybridized carbons (Fsp3) is 0.619. The zero-order valence-corrected chi connectivity index (χ0v) is 15.8. The average Bonchev–Trinajstić information content (AvgIpc) is 3.22. The molecule has 4 N–H and O–H groups in total. The van der Waals surface area contributed by atoms with E-state index in [0.717, 1.165) is 31.4 Å². The highest BCUT2D eigenvalue weighted by molar-refractivity contribution is 5.82. The predicted octanol–water partition coefficient (Wildman–Crippen LogP) is 2.52. The van der Waals surface area contributed by atoms with Gasteiger partial charge in [0.2, 0.25) is 5.91 Å². The Hall–Kier alpha value is -1.92. The van der Waals surface area contributed by atoms with Crippen LogP contribution in [0.3, 0.4) is 0 Å². The van der Waals surface area contributed by atoms with Crippen LogP contribution in [-0.2, 0) is 16.0 Å². The lowest BCUT2D eigenvalue weighted by Gasteiger charge is -2.21. The van der Waals surface area contributed by atoms with Crippen molar-refractivity contribution in [3.63, 3.8) is 0 Å². The van der Waals surface area contributed by atoms with E-state index in [-0.39, 0.29) is 24.0 Å². The molecule has 0 saturated heterocycles. The van der Waals surface area contributed by atoms with Crippen molar-refractivity contribution in [3.8, 4) is 0 Å². The molecule has 27 heavy (non-hydrogen) atoms. The maximum atomic E-state index is 12.6. The maximum absolute atomic E-state index is 12.6. The molecule has 4 atom stereocenters. The summed E-state index contributed by atoms with van der Waals surface area (Å²) in [5.74, 6) is -0.108. The summed E-state index contributed by atoms with van der Waals surface area (Å²) in [6, 6.07) is 3.77. The SMILES string of the molecule is NC(=O)CCCC=CCC1C(C(=O)CCCCc2ccco2)[C@H](O)C[C@@H]1O. The first-order chi connectivity index (χ1) is 13.0.